The van der Waals surface area contributed by atoms with E-state index in [0.29, 0.717) is 0 Å². The maximum absolute atomic E-state index is 12.3. The van der Waals surface area contributed by atoms with Gasteiger partial charge in [0.15, 0.2) is 11.4 Å². The second kappa shape index (κ2) is 4.76. The van der Waals surface area contributed by atoms with Crippen molar-refractivity contribution in [2.45, 2.75) is 12.5 Å². The van der Waals surface area contributed by atoms with Crippen LogP contribution in [-0.4, -0.2) is 22.4 Å². The molecule has 0 atom stereocenters. The molecule has 19 heavy (non-hydrogen) atoms. The molecule has 11 heteroatoms. The van der Waals surface area contributed by atoms with Gasteiger partial charge in [0.05, 0.1) is 0 Å². The van der Waals surface area contributed by atoms with E-state index in [-0.39, 0.29) is 6.07 Å². The van der Waals surface area contributed by atoms with E-state index in [1.165, 1.54) is 0 Å². The first kappa shape index (κ1) is 15.3. The zero-order valence-electron chi connectivity index (χ0n) is 8.43. The number of carboxylic acids is 1. The first-order chi connectivity index (χ1) is 8.42. The number of nitrogens with zero attached hydrogens (tertiary/aromatic N) is 1. The molecule has 106 valence electrons. The molecule has 0 amide bonds. The minimum Gasteiger partial charge on any atom is -0.476 e. The maximum atomic E-state index is 12.3. The molecule has 4 nitrogen and oxygen atoms in total. The number of hydrogen-bond acceptors (Lipinski definition) is 3. The average molecular weight is 310 g/mol. The Morgan fingerprint density at radius 1 is 1.26 bits per heavy atom. The number of rotatable bonds is 2. The second-order valence-corrected chi connectivity index (χ2v) is 3.40. The maximum Gasteiger partial charge on any atom is 0.573 e. The van der Waals surface area contributed by atoms with Gasteiger partial charge in [-0.15, -0.1) is 13.2 Å². The number of carboxylic acid groups (broad SMARTS) is 1. The van der Waals surface area contributed by atoms with E-state index in [1.54, 1.807) is 0 Å². The first-order valence-corrected chi connectivity index (χ1v) is 4.56. The topological polar surface area (TPSA) is 59.4 Å². The van der Waals surface area contributed by atoms with E-state index in [0.717, 1.165) is 0 Å². The van der Waals surface area contributed by atoms with Crippen LogP contribution in [0.15, 0.2) is 6.07 Å². The summed E-state index contributed by atoms with van der Waals surface area (Å²) in [6.07, 6.45) is -10.5. The Morgan fingerprint density at radius 2 is 1.79 bits per heavy atom. The number of aromatic carboxylic acids is 1. The van der Waals surface area contributed by atoms with Gasteiger partial charge < -0.3 is 9.84 Å². The summed E-state index contributed by atoms with van der Waals surface area (Å²) in [6.45, 7) is 0. The molecule has 0 radical (unpaired) electrons. The smallest absolute Gasteiger partial charge is 0.476 e. The molecular formula is C8H2ClF6NO3. The van der Waals surface area contributed by atoms with E-state index in [9.17, 15) is 31.1 Å². The molecule has 0 aliphatic heterocycles. The lowest BCUT2D eigenvalue weighted by Gasteiger charge is -2.14. The van der Waals surface area contributed by atoms with Crippen LogP contribution in [0, 0.1) is 0 Å². The van der Waals surface area contributed by atoms with E-state index in [4.69, 9.17) is 16.7 Å². The number of pyridine rings is 1. The molecule has 0 aromatic carbocycles. The molecule has 0 saturated heterocycles. The molecule has 0 bridgehead atoms. The van der Waals surface area contributed by atoms with Crippen molar-refractivity contribution in [3.05, 3.63) is 22.5 Å². The summed E-state index contributed by atoms with van der Waals surface area (Å²) in [6, 6.07) is -0.137. The Morgan fingerprint density at radius 3 is 2.16 bits per heavy atom. The highest BCUT2D eigenvalue weighted by atomic mass is 35.5. The lowest BCUT2D eigenvalue weighted by Crippen LogP contribution is -2.20. The van der Waals surface area contributed by atoms with Crippen LogP contribution in [0.1, 0.15) is 16.2 Å². The van der Waals surface area contributed by atoms with E-state index in [1.807, 2.05) is 0 Å². The summed E-state index contributed by atoms with van der Waals surface area (Å²) in [5, 5.41) is 7.34. The Hall–Kier alpha value is -1.71. The predicted octanol–water partition coefficient (Wildman–Crippen LogP) is 3.35. The minimum absolute atomic E-state index is 0.137. The fourth-order valence-electron chi connectivity index (χ4n) is 0.992. The number of alkyl halides is 6. The number of aromatic nitrogens is 1. The fraction of sp³-hybridized carbons (Fsp3) is 0.250. The van der Waals surface area contributed by atoms with E-state index in [2.05, 4.69) is 9.72 Å². The lowest BCUT2D eigenvalue weighted by molar-refractivity contribution is -0.274. The van der Waals surface area contributed by atoms with Crippen LogP contribution >= 0.6 is 11.6 Å². The molecular weight excluding hydrogens is 308 g/mol. The average Bonchev–Trinajstić information content (AvgIpc) is 2.16. The summed E-state index contributed by atoms with van der Waals surface area (Å²) < 4.78 is 76.1. The third-order valence-corrected chi connectivity index (χ3v) is 2.01. The Labute approximate surface area is 105 Å². The van der Waals surface area contributed by atoms with Crippen LogP contribution in [-0.2, 0) is 6.18 Å². The summed E-state index contributed by atoms with van der Waals surface area (Å²) in [5.41, 5.74) is -3.26. The normalized spacial score (nSPS) is 12.4. The van der Waals surface area contributed by atoms with Gasteiger partial charge in [-0.1, -0.05) is 11.6 Å². The van der Waals surface area contributed by atoms with Crippen molar-refractivity contribution >= 4 is 17.6 Å². The molecule has 1 aromatic heterocycles. The van der Waals surface area contributed by atoms with Gasteiger partial charge in [-0.25, -0.2) is 9.78 Å². The van der Waals surface area contributed by atoms with Crippen LogP contribution in [0.5, 0.6) is 5.75 Å². The first-order valence-electron chi connectivity index (χ1n) is 4.18. The van der Waals surface area contributed by atoms with Gasteiger partial charge in [0.25, 0.3) is 0 Å². The zero-order valence-corrected chi connectivity index (χ0v) is 9.19. The van der Waals surface area contributed by atoms with Crippen molar-refractivity contribution in [2.24, 2.45) is 0 Å². The third kappa shape index (κ3) is 3.88. The Balaban J connectivity index is 3.45. The van der Waals surface area contributed by atoms with Crippen LogP contribution in [0.2, 0.25) is 5.02 Å². The largest absolute Gasteiger partial charge is 0.573 e. The SMILES string of the molecule is O=C(O)c1nc(C(F)(F)F)cc(OC(F)(F)F)c1Cl. The van der Waals surface area contributed by atoms with E-state index < -0.39 is 40.7 Å². The highest BCUT2D eigenvalue weighted by molar-refractivity contribution is 6.34. The minimum atomic E-state index is -5.33. The standard InChI is InChI=1S/C8H2ClF6NO3/c9-4-2(19-8(13,14)15)1-3(7(10,11)12)16-5(4)6(17)18/h1H,(H,17,18). The van der Waals surface area contributed by atoms with Gasteiger partial charge in [-0.05, 0) is 0 Å². The summed E-state index contributed by atoms with van der Waals surface area (Å²) in [5.74, 6) is -3.52. The van der Waals surface area contributed by atoms with Crippen LogP contribution < -0.4 is 4.74 Å². The quantitative estimate of drug-likeness (QED) is 0.851. The van der Waals surface area contributed by atoms with Crippen LogP contribution in [0.25, 0.3) is 0 Å². The summed E-state index contributed by atoms with van der Waals surface area (Å²) in [4.78, 5) is 13.2. The van der Waals surface area contributed by atoms with Gasteiger partial charge in [0, 0.05) is 6.07 Å². The molecule has 0 aliphatic carbocycles. The number of hydrogen-bond donors (Lipinski definition) is 1. The van der Waals surface area contributed by atoms with Gasteiger partial charge >= 0.3 is 18.5 Å². The molecule has 0 aliphatic rings. The van der Waals surface area contributed by atoms with Crippen molar-refractivity contribution in [2.75, 3.05) is 0 Å². The highest BCUT2D eigenvalue weighted by Crippen LogP contribution is 2.37. The molecule has 0 fully saturated rings. The third-order valence-electron chi connectivity index (χ3n) is 1.64. The predicted molar refractivity (Wildman–Crippen MR) is 47.9 cm³/mol. The zero-order chi connectivity index (χ0) is 15.0. The van der Waals surface area contributed by atoms with Crippen molar-refractivity contribution in [3.8, 4) is 5.75 Å². The van der Waals surface area contributed by atoms with E-state index >= 15 is 0 Å². The molecule has 0 unspecified atom stereocenters. The second-order valence-electron chi connectivity index (χ2n) is 3.02. The Bertz CT molecular complexity index is 512. The number of ether oxygens (including phenoxy) is 1. The van der Waals surface area contributed by atoms with Crippen molar-refractivity contribution < 1.29 is 41.0 Å². The van der Waals surface area contributed by atoms with Gasteiger partial charge in [-0.2, -0.15) is 13.2 Å². The highest BCUT2D eigenvalue weighted by Gasteiger charge is 2.38. The van der Waals surface area contributed by atoms with Gasteiger partial charge in [0.1, 0.15) is 10.7 Å². The molecule has 1 rings (SSSR count). The van der Waals surface area contributed by atoms with Gasteiger partial charge in [-0.3, -0.25) is 0 Å². The monoisotopic (exact) mass is 309 g/mol. The molecule has 1 aromatic rings. The molecule has 1 N–H and O–H groups in total. The van der Waals surface area contributed by atoms with Crippen molar-refractivity contribution in [3.63, 3.8) is 0 Å². The Kier molecular flexibility index (Phi) is 3.84. The number of carbonyl (C=O) groups is 1. The number of halogens is 7. The summed E-state index contributed by atoms with van der Waals surface area (Å²) >= 11 is 5.20. The molecule has 0 saturated carbocycles. The van der Waals surface area contributed by atoms with Crippen molar-refractivity contribution in [1.29, 1.82) is 0 Å². The molecule has 1 heterocycles. The lowest BCUT2D eigenvalue weighted by atomic mass is 10.2. The fourth-order valence-corrected chi connectivity index (χ4v) is 1.21. The van der Waals surface area contributed by atoms with Crippen LogP contribution in [0.4, 0.5) is 26.3 Å². The molecule has 0 spiro atoms. The van der Waals surface area contributed by atoms with Crippen LogP contribution in [0.3, 0.4) is 0 Å². The summed E-state index contributed by atoms with van der Waals surface area (Å²) in [7, 11) is 0. The van der Waals surface area contributed by atoms with Crippen molar-refractivity contribution in [1.82, 2.24) is 4.98 Å². The van der Waals surface area contributed by atoms with Gasteiger partial charge in [0.2, 0.25) is 0 Å².